The normalized spacial score (nSPS) is 13.4. The zero-order chi connectivity index (χ0) is 18.7. The van der Waals surface area contributed by atoms with Crippen LogP contribution in [0.5, 0.6) is 0 Å². The van der Waals surface area contributed by atoms with Crippen LogP contribution in [-0.4, -0.2) is 11.9 Å². The van der Waals surface area contributed by atoms with Crippen molar-refractivity contribution in [1.29, 1.82) is 0 Å². The number of hydrogen-bond donors (Lipinski definition) is 2. The number of rotatable bonds is 5. The predicted octanol–water partition coefficient (Wildman–Crippen LogP) is 4.80. The van der Waals surface area contributed by atoms with Crippen molar-refractivity contribution >= 4 is 22.4 Å². The highest BCUT2D eigenvalue weighted by Gasteiger charge is 2.19. The van der Waals surface area contributed by atoms with Crippen LogP contribution in [-0.2, 0) is 4.79 Å². The monoisotopic (exact) mass is 354 g/mol. The summed E-state index contributed by atoms with van der Waals surface area (Å²) in [7, 11) is 0. The van der Waals surface area contributed by atoms with Crippen LogP contribution in [0.2, 0.25) is 0 Å². The van der Waals surface area contributed by atoms with Crippen LogP contribution in [0.25, 0.3) is 10.8 Å². The molecule has 2 atom stereocenters. The first kappa shape index (κ1) is 18.0. The molecule has 0 unspecified atom stereocenters. The molecule has 0 aliphatic carbocycles. The van der Waals surface area contributed by atoms with Gasteiger partial charge in [-0.2, -0.15) is 0 Å². The van der Waals surface area contributed by atoms with E-state index in [0.29, 0.717) is 5.56 Å². The summed E-state index contributed by atoms with van der Waals surface area (Å²) < 4.78 is 26.9. The summed E-state index contributed by atoms with van der Waals surface area (Å²) >= 11 is 0. The zero-order valence-corrected chi connectivity index (χ0v) is 14.6. The lowest BCUT2D eigenvalue weighted by Gasteiger charge is -2.21. The molecule has 3 aromatic carbocycles. The summed E-state index contributed by atoms with van der Waals surface area (Å²) in [5.41, 5.74) is 1.04. The van der Waals surface area contributed by atoms with Crippen LogP contribution in [0.1, 0.15) is 25.5 Å². The van der Waals surface area contributed by atoms with E-state index in [9.17, 15) is 13.6 Å². The molecular formula is C21H20F2N2O. The molecule has 2 N–H and O–H groups in total. The fourth-order valence-electron chi connectivity index (χ4n) is 2.97. The third-order valence-corrected chi connectivity index (χ3v) is 4.37. The number of nitrogens with one attached hydrogen (secondary N) is 2. The number of hydrogen-bond acceptors (Lipinski definition) is 2. The molecule has 0 aliphatic rings. The first-order valence-corrected chi connectivity index (χ1v) is 8.45. The van der Waals surface area contributed by atoms with E-state index in [1.165, 1.54) is 12.1 Å². The Balaban J connectivity index is 1.71. The van der Waals surface area contributed by atoms with Crippen molar-refractivity contribution in [2.75, 3.05) is 5.32 Å². The molecule has 0 aromatic heterocycles. The summed E-state index contributed by atoms with van der Waals surface area (Å²) in [6.45, 7) is 3.44. The van der Waals surface area contributed by atoms with Gasteiger partial charge in [-0.1, -0.05) is 42.5 Å². The molecule has 134 valence electrons. The Morgan fingerprint density at radius 2 is 1.69 bits per heavy atom. The highest BCUT2D eigenvalue weighted by atomic mass is 19.1. The molecule has 3 rings (SSSR count). The van der Waals surface area contributed by atoms with Crippen molar-refractivity contribution in [2.24, 2.45) is 0 Å². The van der Waals surface area contributed by atoms with E-state index in [0.717, 1.165) is 22.5 Å². The van der Waals surface area contributed by atoms with E-state index in [1.807, 2.05) is 42.5 Å². The lowest BCUT2D eigenvalue weighted by atomic mass is 10.1. The van der Waals surface area contributed by atoms with Crippen LogP contribution in [0, 0.1) is 11.6 Å². The average molecular weight is 354 g/mol. The number of benzene rings is 3. The summed E-state index contributed by atoms with van der Waals surface area (Å²) in [4.78, 5) is 12.5. The minimum Gasteiger partial charge on any atom is -0.324 e. The van der Waals surface area contributed by atoms with E-state index >= 15 is 0 Å². The molecule has 26 heavy (non-hydrogen) atoms. The maximum atomic E-state index is 13.9. The van der Waals surface area contributed by atoms with Gasteiger partial charge >= 0.3 is 0 Å². The SMILES string of the molecule is C[C@H](N[C@H](C)c1ccc(F)cc1F)C(=O)Nc1cccc2ccccc12. The van der Waals surface area contributed by atoms with Gasteiger partial charge in [-0.25, -0.2) is 8.78 Å². The Labute approximate surface area is 151 Å². The van der Waals surface area contributed by atoms with Gasteiger partial charge in [0.15, 0.2) is 0 Å². The Kier molecular flexibility index (Phi) is 5.28. The van der Waals surface area contributed by atoms with Crippen LogP contribution in [0.4, 0.5) is 14.5 Å². The van der Waals surface area contributed by atoms with Gasteiger partial charge in [-0.05, 0) is 31.4 Å². The predicted molar refractivity (Wildman–Crippen MR) is 99.9 cm³/mol. The second kappa shape index (κ2) is 7.62. The van der Waals surface area contributed by atoms with Gasteiger partial charge in [0.05, 0.1) is 6.04 Å². The van der Waals surface area contributed by atoms with Crippen molar-refractivity contribution in [2.45, 2.75) is 25.9 Å². The summed E-state index contributed by atoms with van der Waals surface area (Å²) in [6.07, 6.45) is 0. The minimum absolute atomic E-state index is 0.226. The molecule has 0 bridgehead atoms. The third-order valence-electron chi connectivity index (χ3n) is 4.37. The van der Waals surface area contributed by atoms with Gasteiger partial charge in [0.25, 0.3) is 0 Å². The summed E-state index contributed by atoms with van der Waals surface area (Å²) in [6, 6.07) is 15.9. The molecular weight excluding hydrogens is 334 g/mol. The minimum atomic E-state index is -0.633. The van der Waals surface area contributed by atoms with Gasteiger partial charge < -0.3 is 5.32 Å². The molecule has 0 aliphatic heterocycles. The quantitative estimate of drug-likeness (QED) is 0.691. The van der Waals surface area contributed by atoms with E-state index in [4.69, 9.17) is 0 Å². The molecule has 0 heterocycles. The smallest absolute Gasteiger partial charge is 0.241 e. The molecule has 0 saturated heterocycles. The largest absolute Gasteiger partial charge is 0.324 e. The number of fused-ring (bicyclic) bond motifs is 1. The van der Waals surface area contributed by atoms with Gasteiger partial charge in [0.2, 0.25) is 5.91 Å². The second-order valence-corrected chi connectivity index (χ2v) is 6.29. The second-order valence-electron chi connectivity index (χ2n) is 6.29. The van der Waals surface area contributed by atoms with Crippen LogP contribution >= 0.6 is 0 Å². The molecule has 0 radical (unpaired) electrons. The fraction of sp³-hybridized carbons (Fsp3) is 0.190. The first-order valence-electron chi connectivity index (χ1n) is 8.45. The number of anilines is 1. The highest BCUT2D eigenvalue weighted by Crippen LogP contribution is 2.23. The van der Waals surface area contributed by atoms with E-state index < -0.39 is 23.7 Å². The Bertz CT molecular complexity index is 937. The molecule has 3 aromatic rings. The van der Waals surface area contributed by atoms with E-state index in [1.54, 1.807) is 13.8 Å². The van der Waals surface area contributed by atoms with Crippen molar-refractivity contribution < 1.29 is 13.6 Å². The molecule has 0 fully saturated rings. The Morgan fingerprint density at radius 1 is 0.962 bits per heavy atom. The standard InChI is InChI=1S/C21H20F2N2O/c1-13(17-11-10-16(22)12-19(17)23)24-14(2)21(26)25-20-9-5-7-15-6-3-4-8-18(15)20/h3-14,24H,1-2H3,(H,25,26)/t13-,14+/m1/s1. The van der Waals surface area contributed by atoms with Crippen LogP contribution < -0.4 is 10.6 Å². The van der Waals surface area contributed by atoms with Gasteiger partial charge in [0, 0.05) is 28.7 Å². The summed E-state index contributed by atoms with van der Waals surface area (Å²) in [5, 5.41) is 7.95. The Morgan fingerprint density at radius 3 is 2.46 bits per heavy atom. The maximum Gasteiger partial charge on any atom is 0.241 e. The molecule has 3 nitrogen and oxygen atoms in total. The lowest BCUT2D eigenvalue weighted by molar-refractivity contribution is -0.117. The first-order chi connectivity index (χ1) is 12.5. The number of carbonyl (C=O) groups is 1. The van der Waals surface area contributed by atoms with E-state index in [2.05, 4.69) is 10.6 Å². The molecule has 1 amide bonds. The number of amides is 1. The molecule has 5 heteroatoms. The van der Waals surface area contributed by atoms with Crippen molar-refractivity contribution in [3.8, 4) is 0 Å². The van der Waals surface area contributed by atoms with Crippen LogP contribution in [0.3, 0.4) is 0 Å². The maximum absolute atomic E-state index is 13.9. The van der Waals surface area contributed by atoms with Crippen molar-refractivity contribution in [3.05, 3.63) is 77.9 Å². The van der Waals surface area contributed by atoms with Crippen molar-refractivity contribution in [1.82, 2.24) is 5.32 Å². The molecule has 0 spiro atoms. The molecule has 0 saturated carbocycles. The zero-order valence-electron chi connectivity index (χ0n) is 14.6. The number of halogens is 2. The summed E-state index contributed by atoms with van der Waals surface area (Å²) in [5.74, 6) is -1.48. The number of carbonyl (C=O) groups excluding carboxylic acids is 1. The highest BCUT2D eigenvalue weighted by molar-refractivity contribution is 6.03. The lowest BCUT2D eigenvalue weighted by Crippen LogP contribution is -2.39. The third kappa shape index (κ3) is 3.89. The van der Waals surface area contributed by atoms with Gasteiger partial charge in [0.1, 0.15) is 11.6 Å². The van der Waals surface area contributed by atoms with Crippen LogP contribution in [0.15, 0.2) is 60.7 Å². The fourth-order valence-corrected chi connectivity index (χ4v) is 2.97. The Hall–Kier alpha value is -2.79. The van der Waals surface area contributed by atoms with Gasteiger partial charge in [-0.3, -0.25) is 10.1 Å². The topological polar surface area (TPSA) is 41.1 Å². The van der Waals surface area contributed by atoms with E-state index in [-0.39, 0.29) is 5.91 Å². The van der Waals surface area contributed by atoms with Gasteiger partial charge in [-0.15, -0.1) is 0 Å². The van der Waals surface area contributed by atoms with Crippen molar-refractivity contribution in [3.63, 3.8) is 0 Å². The average Bonchev–Trinajstić information content (AvgIpc) is 2.61.